The van der Waals surface area contributed by atoms with Crippen molar-refractivity contribution in [2.75, 3.05) is 5.32 Å². The van der Waals surface area contributed by atoms with E-state index in [1.54, 1.807) is 12.1 Å². The zero-order chi connectivity index (χ0) is 19.0. The number of nitro groups is 1. The summed E-state index contributed by atoms with van der Waals surface area (Å²) in [5.74, 6) is -0.106. The quantitative estimate of drug-likeness (QED) is 0.624. The third-order valence-electron chi connectivity index (χ3n) is 5.78. The summed E-state index contributed by atoms with van der Waals surface area (Å²) in [5.41, 5.74) is 1.85. The maximum Gasteiger partial charge on any atom is 0.269 e. The van der Waals surface area contributed by atoms with Gasteiger partial charge in [-0.2, -0.15) is 5.26 Å². The van der Waals surface area contributed by atoms with Gasteiger partial charge in [0.1, 0.15) is 11.1 Å². The van der Waals surface area contributed by atoms with Crippen molar-refractivity contribution in [3.8, 4) is 6.07 Å². The number of aryl methyl sites for hydroxylation is 1. The van der Waals surface area contributed by atoms with E-state index in [1.165, 1.54) is 28.3 Å². The molecule has 7 heteroatoms. The number of fused-ring (bicyclic) bond motifs is 1. The second kappa shape index (κ2) is 6.78. The molecule has 2 aromatic rings. The molecule has 0 saturated heterocycles. The van der Waals surface area contributed by atoms with Gasteiger partial charge in [-0.05, 0) is 43.2 Å². The van der Waals surface area contributed by atoms with Gasteiger partial charge in [0, 0.05) is 17.0 Å². The van der Waals surface area contributed by atoms with Crippen molar-refractivity contribution >= 4 is 27.9 Å². The number of rotatable bonds is 4. The van der Waals surface area contributed by atoms with Crippen molar-refractivity contribution in [1.82, 2.24) is 0 Å². The van der Waals surface area contributed by atoms with Crippen molar-refractivity contribution in [1.29, 1.82) is 5.26 Å². The molecule has 1 aromatic heterocycles. The molecule has 0 atom stereocenters. The molecule has 0 spiro atoms. The van der Waals surface area contributed by atoms with Gasteiger partial charge >= 0.3 is 0 Å². The van der Waals surface area contributed by atoms with E-state index in [-0.39, 0.29) is 11.6 Å². The Morgan fingerprint density at radius 2 is 1.89 bits per heavy atom. The fourth-order valence-electron chi connectivity index (χ4n) is 4.36. The fraction of sp³-hybridized carbons (Fsp3) is 0.400. The second-order valence-electron chi connectivity index (χ2n) is 7.22. The highest BCUT2D eigenvalue weighted by Crippen LogP contribution is 2.44. The lowest BCUT2D eigenvalue weighted by Gasteiger charge is -2.28. The van der Waals surface area contributed by atoms with E-state index >= 15 is 0 Å². The predicted molar refractivity (Wildman–Crippen MR) is 103 cm³/mol. The van der Waals surface area contributed by atoms with Crippen LogP contribution < -0.4 is 5.32 Å². The van der Waals surface area contributed by atoms with Gasteiger partial charge in [-0.1, -0.05) is 25.0 Å². The van der Waals surface area contributed by atoms with Gasteiger partial charge in [0.05, 0.1) is 15.9 Å². The van der Waals surface area contributed by atoms with Crippen molar-refractivity contribution in [3.63, 3.8) is 0 Å². The lowest BCUT2D eigenvalue weighted by molar-refractivity contribution is -0.384. The minimum absolute atomic E-state index is 0.0220. The normalized spacial score (nSPS) is 17.3. The first-order chi connectivity index (χ1) is 13.0. The van der Waals surface area contributed by atoms with Crippen LogP contribution in [0.3, 0.4) is 0 Å². The molecule has 4 rings (SSSR count). The van der Waals surface area contributed by atoms with Gasteiger partial charge in [-0.25, -0.2) is 0 Å². The zero-order valence-corrected chi connectivity index (χ0v) is 15.6. The third-order valence-corrected chi connectivity index (χ3v) is 6.99. The number of benzene rings is 1. The average Bonchev–Trinajstić information content (AvgIpc) is 3.38. The maximum atomic E-state index is 13.3. The lowest BCUT2D eigenvalue weighted by atomic mass is 9.78. The molecule has 0 unspecified atom stereocenters. The smallest absolute Gasteiger partial charge is 0.269 e. The zero-order valence-electron chi connectivity index (χ0n) is 14.8. The largest absolute Gasteiger partial charge is 0.316 e. The summed E-state index contributed by atoms with van der Waals surface area (Å²) in [7, 11) is 0. The summed E-state index contributed by atoms with van der Waals surface area (Å²) in [6.45, 7) is 0. The summed E-state index contributed by atoms with van der Waals surface area (Å²) < 4.78 is 0. The van der Waals surface area contributed by atoms with E-state index in [2.05, 4.69) is 11.4 Å². The molecule has 1 N–H and O–H groups in total. The molecule has 138 valence electrons. The molecule has 2 aliphatic rings. The molecule has 1 fully saturated rings. The molecule has 1 saturated carbocycles. The topological polar surface area (TPSA) is 96.0 Å². The number of nitro benzene ring substituents is 1. The Morgan fingerprint density at radius 3 is 2.52 bits per heavy atom. The summed E-state index contributed by atoms with van der Waals surface area (Å²) in [5, 5.41) is 24.2. The minimum Gasteiger partial charge on any atom is -0.316 e. The van der Waals surface area contributed by atoms with Crippen LogP contribution in [-0.4, -0.2) is 10.8 Å². The van der Waals surface area contributed by atoms with Crippen LogP contribution in [0.25, 0.3) is 0 Å². The Morgan fingerprint density at radius 1 is 1.19 bits per heavy atom. The molecule has 2 aliphatic carbocycles. The molecule has 1 heterocycles. The van der Waals surface area contributed by atoms with Crippen molar-refractivity contribution in [2.24, 2.45) is 0 Å². The fourth-order valence-corrected chi connectivity index (χ4v) is 5.60. The second-order valence-corrected chi connectivity index (χ2v) is 8.33. The number of carbonyl (C=O) groups excluding carboxylic acids is 1. The average molecular weight is 381 g/mol. The van der Waals surface area contributed by atoms with E-state index in [1.807, 2.05) is 0 Å². The number of carbonyl (C=O) groups is 1. The number of anilines is 1. The van der Waals surface area contributed by atoms with E-state index in [0.717, 1.165) is 43.2 Å². The van der Waals surface area contributed by atoms with Gasteiger partial charge in [-0.15, -0.1) is 11.3 Å². The van der Waals surface area contributed by atoms with Crippen LogP contribution >= 0.6 is 11.3 Å². The van der Waals surface area contributed by atoms with Crippen LogP contribution in [0.4, 0.5) is 10.7 Å². The van der Waals surface area contributed by atoms with Crippen molar-refractivity contribution in [3.05, 3.63) is 55.9 Å². The number of hydrogen-bond acceptors (Lipinski definition) is 5. The Bertz CT molecular complexity index is 950. The molecular formula is C20H19N3O3S. The highest BCUT2D eigenvalue weighted by Gasteiger charge is 2.43. The Balaban J connectivity index is 1.66. The molecule has 1 aromatic carbocycles. The standard InChI is InChI=1S/C20H19N3O3S/c21-12-16-15-4-3-5-17(15)27-18(16)22-19(24)20(10-1-2-11-20)13-6-8-14(9-7-13)23(25)26/h6-9H,1-5,10-11H2,(H,22,24). The maximum absolute atomic E-state index is 13.3. The van der Waals surface area contributed by atoms with Crippen molar-refractivity contribution in [2.45, 2.75) is 50.4 Å². The lowest BCUT2D eigenvalue weighted by Crippen LogP contribution is -2.38. The molecule has 1 amide bonds. The van der Waals surface area contributed by atoms with E-state index in [9.17, 15) is 20.2 Å². The van der Waals surface area contributed by atoms with Gasteiger partial charge < -0.3 is 5.32 Å². The first-order valence-electron chi connectivity index (χ1n) is 9.16. The first kappa shape index (κ1) is 17.7. The summed E-state index contributed by atoms with van der Waals surface area (Å²) in [6, 6.07) is 8.58. The first-order valence-corrected chi connectivity index (χ1v) is 9.98. The highest BCUT2D eigenvalue weighted by atomic mass is 32.1. The van der Waals surface area contributed by atoms with Crippen LogP contribution in [0, 0.1) is 21.4 Å². The predicted octanol–water partition coefficient (Wildman–Crippen LogP) is 4.47. The number of thiophene rings is 1. The highest BCUT2D eigenvalue weighted by molar-refractivity contribution is 7.16. The molecule has 0 bridgehead atoms. The molecular weight excluding hydrogens is 362 g/mol. The van der Waals surface area contributed by atoms with E-state index in [4.69, 9.17) is 0 Å². The number of nitrogens with one attached hydrogen (secondary N) is 1. The van der Waals surface area contributed by atoms with Crippen LogP contribution in [0.15, 0.2) is 24.3 Å². The molecule has 0 aliphatic heterocycles. The van der Waals surface area contributed by atoms with Crippen LogP contribution in [-0.2, 0) is 23.1 Å². The van der Waals surface area contributed by atoms with Gasteiger partial charge in [0.25, 0.3) is 5.69 Å². The van der Waals surface area contributed by atoms with Gasteiger partial charge in [-0.3, -0.25) is 14.9 Å². The molecule has 0 radical (unpaired) electrons. The van der Waals surface area contributed by atoms with E-state index < -0.39 is 10.3 Å². The van der Waals surface area contributed by atoms with Crippen LogP contribution in [0.1, 0.15) is 53.7 Å². The monoisotopic (exact) mass is 381 g/mol. The van der Waals surface area contributed by atoms with Crippen LogP contribution in [0.5, 0.6) is 0 Å². The van der Waals surface area contributed by atoms with E-state index in [0.29, 0.717) is 23.4 Å². The number of hydrogen-bond donors (Lipinski definition) is 1. The van der Waals surface area contributed by atoms with Gasteiger partial charge in [0.2, 0.25) is 5.91 Å². The number of non-ortho nitro benzene ring substituents is 1. The van der Waals surface area contributed by atoms with Crippen LogP contribution in [0.2, 0.25) is 0 Å². The van der Waals surface area contributed by atoms with Crippen molar-refractivity contribution < 1.29 is 9.72 Å². The molecule has 27 heavy (non-hydrogen) atoms. The Hall–Kier alpha value is -2.72. The molecule has 6 nitrogen and oxygen atoms in total. The number of nitrogens with zero attached hydrogens (tertiary/aromatic N) is 2. The third kappa shape index (κ3) is 2.90. The summed E-state index contributed by atoms with van der Waals surface area (Å²) >= 11 is 1.52. The SMILES string of the molecule is N#Cc1c(NC(=O)C2(c3ccc([N+](=O)[O-])cc3)CCCC2)sc2c1CCC2. The summed E-state index contributed by atoms with van der Waals surface area (Å²) in [4.78, 5) is 25.0. The van der Waals surface area contributed by atoms with Gasteiger partial charge in [0.15, 0.2) is 0 Å². The summed E-state index contributed by atoms with van der Waals surface area (Å²) in [6.07, 6.45) is 6.24. The Labute approximate surface area is 161 Å². The number of amides is 1. The number of nitriles is 1. The Kier molecular flexibility index (Phi) is 4.44. The minimum atomic E-state index is -0.684.